The van der Waals surface area contributed by atoms with Gasteiger partial charge in [-0.3, -0.25) is 4.57 Å². The summed E-state index contributed by atoms with van der Waals surface area (Å²) in [5.74, 6) is 0.702. The number of aliphatic hydroxyl groups is 1. The number of nitrogens with two attached hydrogens (primary N) is 1. The van der Waals surface area contributed by atoms with Gasteiger partial charge in [-0.1, -0.05) is 0 Å². The molecule has 1 heterocycles. The Morgan fingerprint density at radius 2 is 2.42 bits per heavy atom. The summed E-state index contributed by atoms with van der Waals surface area (Å²) in [6.45, 7) is 1.70. The molecule has 0 aliphatic carbocycles. The molecule has 0 saturated heterocycles. The molecule has 1 rings (SSSR count). The first-order valence-electron chi connectivity index (χ1n) is 3.72. The van der Waals surface area contributed by atoms with Gasteiger partial charge in [0, 0.05) is 7.05 Å². The van der Waals surface area contributed by atoms with Crippen LogP contribution < -0.4 is 5.48 Å². The van der Waals surface area contributed by atoms with Crippen molar-refractivity contribution in [3.8, 4) is 0 Å². The van der Waals surface area contributed by atoms with Gasteiger partial charge in [0.1, 0.15) is 0 Å². The number of hydrogen-bond donors (Lipinski definition) is 2. The largest absolute Gasteiger partial charge is 0.387 e. The zero-order valence-electron chi connectivity index (χ0n) is 7.48. The van der Waals surface area contributed by atoms with E-state index in [1.807, 2.05) is 7.05 Å². The van der Waals surface area contributed by atoms with E-state index in [1.165, 1.54) is 5.48 Å². The van der Waals surface area contributed by atoms with Crippen LogP contribution in [0.3, 0.4) is 0 Å². The van der Waals surface area contributed by atoms with Crippen LogP contribution in [-0.2, 0) is 11.9 Å². The molecule has 0 aliphatic rings. The van der Waals surface area contributed by atoms with Crippen LogP contribution >= 0.6 is 0 Å². The lowest BCUT2D eigenvalue weighted by Crippen LogP contribution is -2.77. The Hall–Kier alpha value is -0.910. The Morgan fingerprint density at radius 3 is 2.83 bits per heavy atom. The van der Waals surface area contributed by atoms with Crippen molar-refractivity contribution >= 4 is 5.95 Å². The maximum atomic E-state index is 9.27. The molecule has 0 amide bonds. The number of hydrogen-bond acceptors (Lipinski definition) is 3. The van der Waals surface area contributed by atoms with Gasteiger partial charge >= 0.3 is 5.95 Å². The molecule has 0 radical (unpaired) electrons. The van der Waals surface area contributed by atoms with Crippen LogP contribution in [0.15, 0.2) is 6.20 Å². The number of imidazole rings is 1. The van der Waals surface area contributed by atoms with E-state index < -0.39 is 6.10 Å². The second kappa shape index (κ2) is 3.66. The van der Waals surface area contributed by atoms with Gasteiger partial charge in [0.15, 0.2) is 0 Å². The fraction of sp³-hybridized carbons (Fsp3) is 0.571. The molecule has 1 atom stereocenters. The van der Waals surface area contributed by atoms with E-state index in [-0.39, 0.29) is 0 Å². The highest BCUT2D eigenvalue weighted by Crippen LogP contribution is 2.12. The fourth-order valence-electron chi connectivity index (χ4n) is 1.04. The second-order valence-corrected chi connectivity index (χ2v) is 2.63. The first-order valence-corrected chi connectivity index (χ1v) is 3.72. The molecule has 12 heavy (non-hydrogen) atoms. The molecule has 0 fully saturated rings. The minimum absolute atomic E-state index is 0.499. The highest BCUT2D eigenvalue weighted by molar-refractivity contribution is 5.14. The van der Waals surface area contributed by atoms with Gasteiger partial charge in [-0.05, 0) is 6.92 Å². The van der Waals surface area contributed by atoms with Crippen LogP contribution in [-0.4, -0.2) is 21.8 Å². The summed E-state index contributed by atoms with van der Waals surface area (Å²) >= 11 is 0. The van der Waals surface area contributed by atoms with Crippen molar-refractivity contribution in [3.63, 3.8) is 0 Å². The van der Waals surface area contributed by atoms with Gasteiger partial charge in [-0.2, -0.15) is 4.98 Å². The third-order valence-corrected chi connectivity index (χ3v) is 1.71. The minimum Gasteiger partial charge on any atom is -0.387 e. The molecular formula is C7H14N3O2+. The number of nitrogens with zero attached hydrogens (tertiary/aromatic N) is 2. The van der Waals surface area contributed by atoms with Gasteiger partial charge < -0.3 is 5.11 Å². The van der Waals surface area contributed by atoms with Crippen molar-refractivity contribution in [2.45, 2.75) is 13.0 Å². The van der Waals surface area contributed by atoms with Gasteiger partial charge in [-0.25, -0.2) is 4.84 Å². The van der Waals surface area contributed by atoms with E-state index in [1.54, 1.807) is 24.8 Å². The summed E-state index contributed by atoms with van der Waals surface area (Å²) in [7, 11) is 3.40. The Morgan fingerprint density at radius 1 is 1.75 bits per heavy atom. The molecule has 0 aromatic carbocycles. The second-order valence-electron chi connectivity index (χ2n) is 2.63. The zero-order valence-corrected chi connectivity index (χ0v) is 7.48. The number of quaternary nitrogens is 1. The summed E-state index contributed by atoms with van der Waals surface area (Å²) in [5.41, 5.74) is 2.31. The van der Waals surface area contributed by atoms with Gasteiger partial charge in [0.25, 0.3) is 0 Å². The van der Waals surface area contributed by atoms with E-state index in [0.29, 0.717) is 5.95 Å². The van der Waals surface area contributed by atoms with Crippen LogP contribution in [0.2, 0.25) is 0 Å². The SMILES string of the molecule is CO[NH2+]c1ncc(C(C)O)n1C. The normalized spacial score (nSPS) is 13.3. The highest BCUT2D eigenvalue weighted by Gasteiger charge is 2.12. The highest BCUT2D eigenvalue weighted by atomic mass is 16.6. The third kappa shape index (κ3) is 1.63. The Labute approximate surface area is 70.9 Å². The maximum Gasteiger partial charge on any atom is 0.339 e. The van der Waals surface area contributed by atoms with Crippen LogP contribution in [0, 0.1) is 0 Å². The van der Waals surface area contributed by atoms with Crippen LogP contribution in [0.5, 0.6) is 0 Å². The van der Waals surface area contributed by atoms with Gasteiger partial charge in [0.2, 0.25) is 0 Å². The molecule has 0 aliphatic heterocycles. The lowest BCUT2D eigenvalue weighted by Gasteiger charge is -2.04. The van der Waals surface area contributed by atoms with E-state index in [0.717, 1.165) is 5.69 Å². The first kappa shape index (κ1) is 9.18. The third-order valence-electron chi connectivity index (χ3n) is 1.71. The monoisotopic (exact) mass is 172 g/mol. The molecule has 5 nitrogen and oxygen atoms in total. The van der Waals surface area contributed by atoms with E-state index in [2.05, 4.69) is 4.98 Å². The predicted octanol–water partition coefficient (Wildman–Crippen LogP) is -0.770. The topological polar surface area (TPSA) is 63.9 Å². The van der Waals surface area contributed by atoms with Crippen molar-refractivity contribution in [3.05, 3.63) is 11.9 Å². The van der Waals surface area contributed by atoms with Gasteiger partial charge in [0.05, 0.1) is 25.1 Å². The van der Waals surface area contributed by atoms with Crippen LogP contribution in [0.25, 0.3) is 0 Å². The summed E-state index contributed by atoms with van der Waals surface area (Å²) in [5, 5.41) is 9.27. The molecule has 1 aromatic heterocycles. The fourth-order valence-corrected chi connectivity index (χ4v) is 1.04. The summed E-state index contributed by atoms with van der Waals surface area (Å²) in [4.78, 5) is 8.86. The molecule has 0 bridgehead atoms. The summed E-state index contributed by atoms with van der Waals surface area (Å²) < 4.78 is 1.79. The van der Waals surface area contributed by atoms with Crippen LogP contribution in [0.4, 0.5) is 5.95 Å². The van der Waals surface area contributed by atoms with E-state index in [9.17, 15) is 5.11 Å². The van der Waals surface area contributed by atoms with Crippen molar-refractivity contribution < 1.29 is 15.4 Å². The Bertz CT molecular complexity index is 257. The maximum absolute atomic E-state index is 9.27. The van der Waals surface area contributed by atoms with E-state index >= 15 is 0 Å². The molecule has 3 N–H and O–H groups in total. The predicted molar refractivity (Wildman–Crippen MR) is 42.4 cm³/mol. The Balaban J connectivity index is 2.88. The van der Waals surface area contributed by atoms with Crippen molar-refractivity contribution in [2.75, 3.05) is 7.11 Å². The molecule has 5 heteroatoms. The quantitative estimate of drug-likeness (QED) is 0.588. The number of rotatable bonds is 3. The minimum atomic E-state index is -0.499. The number of aliphatic hydroxyl groups excluding tert-OH is 1. The Kier molecular flexibility index (Phi) is 2.80. The molecule has 1 unspecified atom stereocenters. The van der Waals surface area contributed by atoms with Crippen molar-refractivity contribution in [2.24, 2.45) is 7.05 Å². The van der Waals surface area contributed by atoms with Crippen LogP contribution in [0.1, 0.15) is 18.7 Å². The number of aromatic nitrogens is 2. The lowest BCUT2D eigenvalue weighted by molar-refractivity contribution is -0.835. The smallest absolute Gasteiger partial charge is 0.339 e. The van der Waals surface area contributed by atoms with Crippen molar-refractivity contribution in [1.29, 1.82) is 0 Å². The summed E-state index contributed by atoms with van der Waals surface area (Å²) in [6.07, 6.45) is 1.14. The average molecular weight is 172 g/mol. The van der Waals surface area contributed by atoms with E-state index in [4.69, 9.17) is 4.84 Å². The molecule has 68 valence electrons. The lowest BCUT2D eigenvalue weighted by atomic mass is 10.3. The molecule has 1 aromatic rings. The van der Waals surface area contributed by atoms with Crippen molar-refractivity contribution in [1.82, 2.24) is 9.55 Å². The average Bonchev–Trinajstić information content (AvgIpc) is 2.34. The zero-order chi connectivity index (χ0) is 9.14. The standard InChI is InChI=1S/C7H13N3O2/c1-5(11)6-4-8-7(9-12-3)10(6)2/h4-5,11H,1-3H3,(H,8,9)/p+1. The molecule has 0 spiro atoms. The first-order chi connectivity index (χ1) is 5.66. The molecular weight excluding hydrogens is 158 g/mol. The van der Waals surface area contributed by atoms with Gasteiger partial charge in [-0.15, -0.1) is 5.48 Å². The summed E-state index contributed by atoms with van der Waals surface area (Å²) in [6, 6.07) is 0. The molecule has 0 saturated carbocycles.